The molecule has 0 amide bonds. The molecular weight excluding hydrogens is 408 g/mol. The maximum atomic E-state index is 12.9. The van der Waals surface area contributed by atoms with Crippen LogP contribution in [0.5, 0.6) is 0 Å². The molecule has 26 heavy (non-hydrogen) atoms. The lowest BCUT2D eigenvalue weighted by Gasteiger charge is -2.47. The predicted octanol–water partition coefficient (Wildman–Crippen LogP) is 4.98. The molecule has 1 spiro atoms. The molecule has 0 unspecified atom stereocenters. The Bertz CT molecular complexity index is 657. The smallest absolute Gasteiger partial charge is 0.136 e. The van der Waals surface area contributed by atoms with E-state index in [0.717, 1.165) is 36.8 Å². The number of hydrogen-bond acceptors (Lipinski definition) is 3. The third-order valence-electron chi connectivity index (χ3n) is 6.06. The van der Waals surface area contributed by atoms with Gasteiger partial charge in [-0.2, -0.15) is 0 Å². The fourth-order valence-corrected chi connectivity index (χ4v) is 5.69. The van der Waals surface area contributed by atoms with Crippen molar-refractivity contribution in [2.75, 3.05) is 13.1 Å². The van der Waals surface area contributed by atoms with E-state index in [1.807, 2.05) is 20.8 Å². The third kappa shape index (κ3) is 4.02. The van der Waals surface area contributed by atoms with Crippen molar-refractivity contribution in [3.63, 3.8) is 0 Å². The summed E-state index contributed by atoms with van der Waals surface area (Å²) in [6.45, 7) is 15.3. The molecule has 2 atom stereocenters. The second kappa shape index (κ2) is 7.07. The van der Waals surface area contributed by atoms with E-state index in [9.17, 15) is 4.55 Å². The van der Waals surface area contributed by atoms with Crippen LogP contribution in [0, 0.1) is 5.41 Å². The van der Waals surface area contributed by atoms with Crippen LogP contribution in [0.2, 0.25) is 0 Å². The minimum atomic E-state index is -1.07. The molecule has 1 fully saturated rings. The van der Waals surface area contributed by atoms with E-state index in [4.69, 9.17) is 0 Å². The fraction of sp³-hybridized carbons (Fsp3) is 0.714. The Morgan fingerprint density at radius 3 is 2.31 bits per heavy atom. The van der Waals surface area contributed by atoms with E-state index in [0.29, 0.717) is 0 Å². The highest BCUT2D eigenvalue weighted by molar-refractivity contribution is 9.10. The molecule has 1 heterocycles. The standard InChI is InChI=1S/C21H33BrN2OS/c1-19(2,3)24-11-9-21(10-12-24)14-15-7-8-16(22)13-17(15)18(21)23-26(25)20(4,5)6/h7-8,13,18,23H,9-12,14H2,1-6H3/t18-,26-/m1/s1. The highest BCUT2D eigenvalue weighted by Crippen LogP contribution is 2.53. The van der Waals surface area contributed by atoms with Gasteiger partial charge in [-0.3, -0.25) is 4.90 Å². The summed E-state index contributed by atoms with van der Waals surface area (Å²) in [6, 6.07) is 6.79. The molecule has 1 aliphatic carbocycles. The average molecular weight is 441 g/mol. The van der Waals surface area contributed by atoms with Gasteiger partial charge in [-0.25, -0.2) is 0 Å². The Kier molecular flexibility index (Phi) is 5.62. The van der Waals surface area contributed by atoms with Gasteiger partial charge in [0.15, 0.2) is 0 Å². The summed E-state index contributed by atoms with van der Waals surface area (Å²) >= 11 is 2.56. The molecule has 1 N–H and O–H groups in total. The number of nitrogens with zero attached hydrogens (tertiary/aromatic N) is 1. The quantitative estimate of drug-likeness (QED) is 0.658. The third-order valence-corrected chi connectivity index (χ3v) is 8.12. The minimum Gasteiger partial charge on any atom is -0.598 e. The molecule has 0 aromatic heterocycles. The van der Waals surface area contributed by atoms with Gasteiger partial charge in [-0.1, -0.05) is 22.0 Å². The van der Waals surface area contributed by atoms with Crippen molar-refractivity contribution < 1.29 is 4.55 Å². The highest BCUT2D eigenvalue weighted by Gasteiger charge is 2.51. The largest absolute Gasteiger partial charge is 0.598 e. The van der Waals surface area contributed by atoms with Gasteiger partial charge in [-0.05, 0) is 97.2 Å². The first-order chi connectivity index (χ1) is 11.9. The van der Waals surface area contributed by atoms with Gasteiger partial charge in [0.1, 0.15) is 4.75 Å². The van der Waals surface area contributed by atoms with Gasteiger partial charge >= 0.3 is 0 Å². The number of halogens is 1. The van der Waals surface area contributed by atoms with Crippen molar-refractivity contribution in [3.8, 4) is 0 Å². The van der Waals surface area contributed by atoms with Gasteiger partial charge in [0, 0.05) is 26.8 Å². The van der Waals surface area contributed by atoms with Crippen molar-refractivity contribution in [1.82, 2.24) is 9.62 Å². The zero-order valence-corrected chi connectivity index (χ0v) is 19.4. The fourth-order valence-electron chi connectivity index (χ4n) is 4.37. The first-order valence-electron chi connectivity index (χ1n) is 9.64. The number of rotatable bonds is 2. The van der Waals surface area contributed by atoms with Crippen molar-refractivity contribution in [2.24, 2.45) is 5.41 Å². The molecule has 1 aliphatic heterocycles. The number of benzene rings is 1. The summed E-state index contributed by atoms with van der Waals surface area (Å²) in [7, 11) is 0. The Morgan fingerprint density at radius 2 is 1.77 bits per heavy atom. The lowest BCUT2D eigenvalue weighted by atomic mass is 9.72. The summed E-state index contributed by atoms with van der Waals surface area (Å²) < 4.78 is 17.3. The van der Waals surface area contributed by atoms with E-state index in [1.54, 1.807) is 0 Å². The van der Waals surface area contributed by atoms with Crippen molar-refractivity contribution >= 4 is 27.3 Å². The van der Waals surface area contributed by atoms with Crippen LogP contribution in [-0.4, -0.2) is 32.8 Å². The van der Waals surface area contributed by atoms with Crippen LogP contribution in [0.15, 0.2) is 22.7 Å². The van der Waals surface area contributed by atoms with E-state index in [-0.39, 0.29) is 21.7 Å². The number of fused-ring (bicyclic) bond motifs is 1. The SMILES string of the molecule is CC(C)(C)N1CCC2(CC1)Cc1ccc(Br)cc1[C@H]2N[S@+]([O-])C(C)(C)C. The van der Waals surface area contributed by atoms with E-state index in [2.05, 4.69) is 64.5 Å². The molecule has 1 saturated heterocycles. The van der Waals surface area contributed by atoms with Crippen LogP contribution in [0.25, 0.3) is 0 Å². The maximum Gasteiger partial charge on any atom is 0.136 e. The Labute approximate surface area is 170 Å². The zero-order chi connectivity index (χ0) is 19.3. The van der Waals surface area contributed by atoms with E-state index >= 15 is 0 Å². The Hall–Kier alpha value is -0.0700. The topological polar surface area (TPSA) is 38.3 Å². The molecule has 146 valence electrons. The van der Waals surface area contributed by atoms with Crippen LogP contribution >= 0.6 is 15.9 Å². The summed E-state index contributed by atoms with van der Waals surface area (Å²) in [5.41, 5.74) is 3.14. The summed E-state index contributed by atoms with van der Waals surface area (Å²) in [5, 5.41) is 0. The van der Waals surface area contributed by atoms with Crippen molar-refractivity contribution in [3.05, 3.63) is 33.8 Å². The maximum absolute atomic E-state index is 12.9. The first kappa shape index (κ1) is 20.7. The second-order valence-electron chi connectivity index (χ2n) is 9.97. The molecule has 2 aliphatic rings. The lowest BCUT2D eigenvalue weighted by molar-refractivity contribution is 0.0315. The average Bonchev–Trinajstić information content (AvgIpc) is 2.79. The van der Waals surface area contributed by atoms with Crippen molar-refractivity contribution in [2.45, 2.75) is 77.1 Å². The molecule has 0 saturated carbocycles. The molecule has 1 aromatic carbocycles. The van der Waals surface area contributed by atoms with Crippen LogP contribution in [0.3, 0.4) is 0 Å². The summed E-state index contributed by atoms with van der Waals surface area (Å²) in [6.07, 6.45) is 3.39. The number of piperidine rings is 1. The van der Waals surface area contributed by atoms with Gasteiger partial charge in [0.25, 0.3) is 0 Å². The van der Waals surface area contributed by atoms with E-state index in [1.165, 1.54) is 11.1 Å². The van der Waals surface area contributed by atoms with Crippen molar-refractivity contribution in [1.29, 1.82) is 0 Å². The van der Waals surface area contributed by atoms with Crippen LogP contribution < -0.4 is 4.72 Å². The summed E-state index contributed by atoms with van der Waals surface area (Å²) in [4.78, 5) is 2.59. The lowest BCUT2D eigenvalue weighted by Crippen LogP contribution is -2.53. The van der Waals surface area contributed by atoms with Crippen LogP contribution in [-0.2, 0) is 17.8 Å². The van der Waals surface area contributed by atoms with Gasteiger partial charge < -0.3 is 4.55 Å². The molecule has 3 nitrogen and oxygen atoms in total. The van der Waals surface area contributed by atoms with Crippen LogP contribution in [0.4, 0.5) is 0 Å². The molecule has 0 bridgehead atoms. The number of likely N-dealkylation sites (tertiary alicyclic amines) is 1. The Balaban J connectivity index is 1.90. The molecule has 3 rings (SSSR count). The number of nitrogens with one attached hydrogen (secondary N) is 1. The summed E-state index contributed by atoms with van der Waals surface area (Å²) in [5.74, 6) is 0. The highest BCUT2D eigenvalue weighted by atomic mass is 79.9. The second-order valence-corrected chi connectivity index (χ2v) is 12.9. The normalized spacial score (nSPS) is 24.7. The van der Waals surface area contributed by atoms with Crippen LogP contribution in [0.1, 0.15) is 71.6 Å². The molecule has 0 radical (unpaired) electrons. The molecule has 1 aromatic rings. The molecular formula is C21H33BrN2OS. The minimum absolute atomic E-state index is 0.164. The predicted molar refractivity (Wildman–Crippen MR) is 115 cm³/mol. The van der Waals surface area contributed by atoms with E-state index < -0.39 is 11.4 Å². The van der Waals surface area contributed by atoms with Gasteiger partial charge in [0.05, 0.1) is 6.04 Å². The van der Waals surface area contributed by atoms with Gasteiger partial charge in [0.2, 0.25) is 0 Å². The zero-order valence-electron chi connectivity index (χ0n) is 17.0. The monoisotopic (exact) mass is 440 g/mol. The Morgan fingerprint density at radius 1 is 1.15 bits per heavy atom. The van der Waals surface area contributed by atoms with Gasteiger partial charge in [-0.15, -0.1) is 4.72 Å². The number of hydrogen-bond donors (Lipinski definition) is 1. The first-order valence-corrected chi connectivity index (χ1v) is 11.6. The molecule has 5 heteroatoms.